The van der Waals surface area contributed by atoms with Gasteiger partial charge in [0.05, 0.1) is 0 Å². The molecule has 1 aliphatic rings. The van der Waals surface area contributed by atoms with Gasteiger partial charge < -0.3 is 0 Å². The molecule has 9 heteroatoms. The summed E-state index contributed by atoms with van der Waals surface area (Å²) in [4.78, 5) is 23.7. The minimum atomic E-state index is -3.32. The first-order chi connectivity index (χ1) is 15.3. The summed E-state index contributed by atoms with van der Waals surface area (Å²) in [5.41, 5.74) is 1.43. The standard InChI is InChI=1S/C23H29AsN2O5S/c1-25(21-10-6-3-7-11-21)32(30,31)15-14-24-17-20-16-19(12-13-22(20)26(28)29)23(27)18-8-4-2-5-9-18/h2,4-5,8-9,12-13,16,21,24H,3,6-7,10-11,14-15,17H2,1H3. The monoisotopic (exact) mass is 520 g/mol. The summed E-state index contributed by atoms with van der Waals surface area (Å²) >= 11 is -0.766. The Morgan fingerprint density at radius 1 is 1.09 bits per heavy atom. The molecule has 172 valence electrons. The van der Waals surface area contributed by atoms with E-state index < -0.39 is 30.7 Å². The van der Waals surface area contributed by atoms with Crippen LogP contribution in [-0.2, 0) is 15.2 Å². The van der Waals surface area contributed by atoms with Crippen LogP contribution in [-0.4, -0.2) is 58.0 Å². The molecule has 3 rings (SSSR count). The molecule has 0 heterocycles. The number of benzene rings is 2. The van der Waals surface area contributed by atoms with Crippen LogP contribution in [0.2, 0.25) is 5.21 Å². The number of nitro benzene ring substituents is 1. The average molecular weight is 520 g/mol. The molecule has 0 aliphatic heterocycles. The Morgan fingerprint density at radius 2 is 1.78 bits per heavy atom. The molecule has 0 bridgehead atoms. The summed E-state index contributed by atoms with van der Waals surface area (Å²) < 4.78 is 27.0. The Labute approximate surface area is 196 Å². The van der Waals surface area contributed by atoms with Gasteiger partial charge in [-0.1, -0.05) is 0 Å². The van der Waals surface area contributed by atoms with Gasteiger partial charge in [0.1, 0.15) is 0 Å². The Bertz CT molecular complexity index is 1050. The molecular weight excluding hydrogens is 491 g/mol. The summed E-state index contributed by atoms with van der Waals surface area (Å²) in [7, 11) is -1.65. The van der Waals surface area contributed by atoms with E-state index in [1.54, 1.807) is 41.7 Å². The van der Waals surface area contributed by atoms with E-state index in [4.69, 9.17) is 0 Å². The molecule has 0 spiro atoms. The zero-order valence-electron chi connectivity index (χ0n) is 18.2. The van der Waals surface area contributed by atoms with Crippen molar-refractivity contribution in [2.75, 3.05) is 12.8 Å². The van der Waals surface area contributed by atoms with Crippen LogP contribution in [0.15, 0.2) is 48.5 Å². The summed E-state index contributed by atoms with van der Waals surface area (Å²) in [6.07, 6.45) is 5.14. The SMILES string of the molecule is CN(C1CCCCC1)S(=O)(=O)CC[AsH]Cc1cc(C(=O)c2ccccc2)ccc1[N+](=O)[O-]. The topological polar surface area (TPSA) is 97.6 Å². The van der Waals surface area contributed by atoms with Crippen molar-refractivity contribution in [3.63, 3.8) is 0 Å². The van der Waals surface area contributed by atoms with E-state index in [1.807, 2.05) is 6.07 Å². The van der Waals surface area contributed by atoms with Crippen molar-refractivity contribution in [1.29, 1.82) is 0 Å². The fourth-order valence-electron chi connectivity index (χ4n) is 4.04. The van der Waals surface area contributed by atoms with Crippen LogP contribution in [0.4, 0.5) is 5.69 Å². The number of carbonyl (C=O) groups is 1. The fraction of sp³-hybridized carbons (Fsp3) is 0.435. The number of hydrogen-bond acceptors (Lipinski definition) is 5. The Kier molecular flexibility index (Phi) is 8.63. The molecule has 2 aromatic rings. The molecule has 1 unspecified atom stereocenters. The van der Waals surface area contributed by atoms with Gasteiger partial charge in [-0.2, -0.15) is 0 Å². The Hall–Kier alpha value is -2.02. The number of nitrogens with zero attached hydrogens (tertiary/aromatic N) is 2. The van der Waals surface area contributed by atoms with E-state index in [2.05, 4.69) is 0 Å². The summed E-state index contributed by atoms with van der Waals surface area (Å²) in [6, 6.07) is 13.4. The predicted octanol–water partition coefficient (Wildman–Crippen LogP) is 3.77. The van der Waals surface area contributed by atoms with Gasteiger partial charge in [-0.25, -0.2) is 0 Å². The van der Waals surface area contributed by atoms with Crippen molar-refractivity contribution >= 4 is 37.2 Å². The number of carbonyl (C=O) groups excluding carboxylic acids is 1. The van der Waals surface area contributed by atoms with Gasteiger partial charge in [0.25, 0.3) is 0 Å². The van der Waals surface area contributed by atoms with Gasteiger partial charge in [-0.15, -0.1) is 0 Å². The molecule has 1 fully saturated rings. The molecular formula is C23H29AsN2O5S. The molecule has 1 aliphatic carbocycles. The van der Waals surface area contributed by atoms with Crippen LogP contribution in [0.1, 0.15) is 53.6 Å². The van der Waals surface area contributed by atoms with Crippen LogP contribution in [0.3, 0.4) is 0 Å². The van der Waals surface area contributed by atoms with Crippen molar-refractivity contribution in [1.82, 2.24) is 4.31 Å². The quantitative estimate of drug-likeness (QED) is 0.156. The van der Waals surface area contributed by atoms with Gasteiger partial charge in [0.2, 0.25) is 0 Å². The van der Waals surface area contributed by atoms with Crippen molar-refractivity contribution < 1.29 is 18.1 Å². The fourth-order valence-corrected chi connectivity index (χ4v) is 9.46. The van der Waals surface area contributed by atoms with Crippen molar-refractivity contribution in [3.05, 3.63) is 75.3 Å². The molecule has 0 radical (unpaired) electrons. The third-order valence-corrected chi connectivity index (χ3v) is 11.2. The zero-order chi connectivity index (χ0) is 23.1. The average Bonchev–Trinajstić information content (AvgIpc) is 2.81. The van der Waals surface area contributed by atoms with Crippen molar-refractivity contribution in [3.8, 4) is 0 Å². The second kappa shape index (κ2) is 11.2. The summed E-state index contributed by atoms with van der Waals surface area (Å²) in [5, 5.41) is 12.5. The molecule has 0 amide bonds. The van der Waals surface area contributed by atoms with E-state index in [1.165, 1.54) is 18.6 Å². The normalized spacial score (nSPS) is 15.4. The van der Waals surface area contributed by atoms with Crippen molar-refractivity contribution in [2.24, 2.45) is 0 Å². The maximum atomic E-state index is 12.7. The van der Waals surface area contributed by atoms with Gasteiger partial charge in [0.15, 0.2) is 0 Å². The summed E-state index contributed by atoms with van der Waals surface area (Å²) in [6.45, 7) is 0. The Morgan fingerprint density at radius 3 is 2.44 bits per heavy atom. The van der Waals surface area contributed by atoms with Crippen LogP contribution in [0, 0.1) is 10.1 Å². The first-order valence-electron chi connectivity index (χ1n) is 10.8. The molecule has 2 aromatic carbocycles. The van der Waals surface area contributed by atoms with Crippen LogP contribution >= 0.6 is 0 Å². The first kappa shape index (κ1) is 24.6. The second-order valence-corrected chi connectivity index (χ2v) is 13.1. The molecule has 1 atom stereocenters. The van der Waals surface area contributed by atoms with Crippen molar-refractivity contribution in [2.45, 2.75) is 48.6 Å². The molecule has 1 saturated carbocycles. The minimum absolute atomic E-state index is 0.0134. The first-order valence-corrected chi connectivity index (χ1v) is 15.4. The van der Waals surface area contributed by atoms with E-state index in [0.29, 0.717) is 27.1 Å². The number of ketones is 1. The van der Waals surface area contributed by atoms with Crippen LogP contribution < -0.4 is 0 Å². The third-order valence-electron chi connectivity index (χ3n) is 5.95. The van der Waals surface area contributed by atoms with E-state index in [9.17, 15) is 23.3 Å². The van der Waals surface area contributed by atoms with Gasteiger partial charge in [-0.3, -0.25) is 0 Å². The van der Waals surface area contributed by atoms with Crippen LogP contribution in [0.5, 0.6) is 0 Å². The van der Waals surface area contributed by atoms with Gasteiger partial charge in [0, 0.05) is 0 Å². The van der Waals surface area contributed by atoms with Gasteiger partial charge >= 0.3 is 196 Å². The summed E-state index contributed by atoms with van der Waals surface area (Å²) in [5.74, 6) is -0.102. The molecule has 0 N–H and O–H groups in total. The predicted molar refractivity (Wildman–Crippen MR) is 127 cm³/mol. The second-order valence-electron chi connectivity index (χ2n) is 8.10. The Balaban J connectivity index is 1.64. The van der Waals surface area contributed by atoms with E-state index in [-0.39, 0.29) is 23.3 Å². The third kappa shape index (κ3) is 6.27. The molecule has 32 heavy (non-hydrogen) atoms. The number of hydrogen-bond donors (Lipinski definition) is 0. The number of rotatable bonds is 10. The van der Waals surface area contributed by atoms with Gasteiger partial charge in [-0.05, 0) is 0 Å². The molecule has 0 saturated heterocycles. The number of nitro groups is 1. The maximum absolute atomic E-state index is 12.7. The van der Waals surface area contributed by atoms with E-state index >= 15 is 0 Å². The zero-order valence-corrected chi connectivity index (χ0v) is 21.1. The number of sulfonamides is 1. The molecule has 7 nitrogen and oxygen atoms in total. The van der Waals surface area contributed by atoms with E-state index in [0.717, 1.165) is 25.7 Å². The molecule has 0 aromatic heterocycles. The van der Waals surface area contributed by atoms with Crippen LogP contribution in [0.25, 0.3) is 0 Å².